The van der Waals surface area contributed by atoms with E-state index in [9.17, 15) is 4.79 Å². The molecule has 2 aromatic heterocycles. The highest BCUT2D eigenvalue weighted by Gasteiger charge is 2.25. The molecule has 110 valence electrons. The van der Waals surface area contributed by atoms with Gasteiger partial charge in [0, 0.05) is 18.5 Å². The molecule has 6 nitrogen and oxygen atoms in total. The van der Waals surface area contributed by atoms with Gasteiger partial charge in [0.1, 0.15) is 12.0 Å². The first kappa shape index (κ1) is 12.9. The molecule has 0 unspecified atom stereocenters. The van der Waals surface area contributed by atoms with Crippen LogP contribution in [0.4, 0.5) is 0 Å². The molecule has 1 amide bonds. The summed E-state index contributed by atoms with van der Waals surface area (Å²) in [5.74, 6) is 0.593. The molecular weight excluding hydrogens is 278 g/mol. The topological polar surface area (TPSA) is 72.7 Å². The molecule has 2 heterocycles. The molecule has 1 aliphatic carbocycles. The van der Waals surface area contributed by atoms with Crippen LogP contribution in [0, 0.1) is 0 Å². The number of para-hydroxylation sites is 1. The number of hydrogen-bond acceptors (Lipinski definition) is 4. The average molecular weight is 293 g/mol. The standard InChI is InChI=1S/C16H15N5O/c1-21-9-17-20-15(21)14-8-12(16(22)18-10-6-7-10)11-4-2-3-5-13(11)19-14/h2-5,8-10H,6-7H2,1H3,(H,18,22). The van der Waals surface area contributed by atoms with Crippen molar-refractivity contribution in [1.29, 1.82) is 0 Å². The number of nitrogens with zero attached hydrogens (tertiary/aromatic N) is 4. The number of amides is 1. The fraction of sp³-hybridized carbons (Fsp3) is 0.250. The van der Waals surface area contributed by atoms with Crippen LogP contribution in [-0.4, -0.2) is 31.7 Å². The molecule has 0 atom stereocenters. The molecule has 0 radical (unpaired) electrons. The third-order valence-electron chi connectivity index (χ3n) is 3.81. The summed E-state index contributed by atoms with van der Waals surface area (Å²) in [4.78, 5) is 17.1. The Kier molecular flexibility index (Phi) is 2.89. The summed E-state index contributed by atoms with van der Waals surface area (Å²) < 4.78 is 1.79. The van der Waals surface area contributed by atoms with E-state index in [1.807, 2.05) is 31.3 Å². The van der Waals surface area contributed by atoms with Gasteiger partial charge in [0.15, 0.2) is 5.82 Å². The first-order valence-corrected chi connectivity index (χ1v) is 7.27. The smallest absolute Gasteiger partial charge is 0.252 e. The lowest BCUT2D eigenvalue weighted by atomic mass is 10.1. The van der Waals surface area contributed by atoms with Crippen LogP contribution >= 0.6 is 0 Å². The molecule has 1 N–H and O–H groups in total. The number of carbonyl (C=O) groups excluding carboxylic acids is 1. The summed E-state index contributed by atoms with van der Waals surface area (Å²) in [6.45, 7) is 0. The van der Waals surface area contributed by atoms with Crippen LogP contribution in [0.15, 0.2) is 36.7 Å². The molecule has 4 rings (SSSR count). The van der Waals surface area contributed by atoms with E-state index >= 15 is 0 Å². The normalized spacial score (nSPS) is 14.2. The minimum atomic E-state index is -0.0514. The number of fused-ring (bicyclic) bond motifs is 1. The number of nitrogens with one attached hydrogen (secondary N) is 1. The molecule has 1 fully saturated rings. The van der Waals surface area contributed by atoms with E-state index in [0.29, 0.717) is 23.1 Å². The van der Waals surface area contributed by atoms with Crippen molar-refractivity contribution in [1.82, 2.24) is 25.1 Å². The van der Waals surface area contributed by atoms with Crippen LogP contribution < -0.4 is 5.32 Å². The second kappa shape index (κ2) is 4.91. The third kappa shape index (κ3) is 2.22. The van der Waals surface area contributed by atoms with Crippen LogP contribution in [0.25, 0.3) is 22.4 Å². The van der Waals surface area contributed by atoms with E-state index in [-0.39, 0.29) is 5.91 Å². The fourth-order valence-corrected chi connectivity index (χ4v) is 2.48. The van der Waals surface area contributed by atoms with E-state index < -0.39 is 0 Å². The molecule has 1 aliphatic rings. The van der Waals surface area contributed by atoms with Gasteiger partial charge in [-0.15, -0.1) is 10.2 Å². The average Bonchev–Trinajstić information content (AvgIpc) is 3.24. The van der Waals surface area contributed by atoms with Crippen LogP contribution in [0.5, 0.6) is 0 Å². The van der Waals surface area contributed by atoms with Crippen molar-refractivity contribution in [3.8, 4) is 11.5 Å². The highest BCUT2D eigenvalue weighted by molar-refractivity contribution is 6.07. The molecule has 0 spiro atoms. The van der Waals surface area contributed by atoms with Gasteiger partial charge in [-0.3, -0.25) is 4.79 Å². The summed E-state index contributed by atoms with van der Waals surface area (Å²) in [6, 6.07) is 9.77. The quantitative estimate of drug-likeness (QED) is 0.800. The molecule has 22 heavy (non-hydrogen) atoms. The van der Waals surface area contributed by atoms with Crippen LogP contribution in [0.3, 0.4) is 0 Å². The Morgan fingerprint density at radius 3 is 2.86 bits per heavy atom. The Morgan fingerprint density at radius 1 is 1.32 bits per heavy atom. The predicted molar refractivity (Wildman–Crippen MR) is 82.2 cm³/mol. The molecule has 1 saturated carbocycles. The van der Waals surface area contributed by atoms with Crippen molar-refractivity contribution in [3.05, 3.63) is 42.2 Å². The Balaban J connectivity index is 1.89. The molecule has 6 heteroatoms. The van der Waals surface area contributed by atoms with E-state index in [0.717, 1.165) is 23.7 Å². The number of benzene rings is 1. The number of aromatic nitrogens is 4. The maximum Gasteiger partial charge on any atom is 0.252 e. The first-order valence-electron chi connectivity index (χ1n) is 7.27. The van der Waals surface area contributed by atoms with Gasteiger partial charge < -0.3 is 9.88 Å². The van der Waals surface area contributed by atoms with Crippen molar-refractivity contribution in [2.75, 3.05) is 0 Å². The number of aryl methyl sites for hydroxylation is 1. The van der Waals surface area contributed by atoms with Crippen LogP contribution in [0.2, 0.25) is 0 Å². The molecular formula is C16H15N5O. The van der Waals surface area contributed by atoms with Crippen molar-refractivity contribution in [3.63, 3.8) is 0 Å². The second-order valence-electron chi connectivity index (χ2n) is 5.59. The van der Waals surface area contributed by atoms with Crippen molar-refractivity contribution < 1.29 is 4.79 Å². The highest BCUT2D eigenvalue weighted by Crippen LogP contribution is 2.25. The Hall–Kier alpha value is -2.76. The second-order valence-corrected chi connectivity index (χ2v) is 5.59. The Bertz CT molecular complexity index is 866. The number of carbonyl (C=O) groups is 1. The minimum Gasteiger partial charge on any atom is -0.349 e. The predicted octanol–water partition coefficient (Wildman–Crippen LogP) is 1.92. The third-order valence-corrected chi connectivity index (χ3v) is 3.81. The van der Waals surface area contributed by atoms with Crippen LogP contribution in [-0.2, 0) is 7.05 Å². The summed E-state index contributed by atoms with van der Waals surface area (Å²) in [6.07, 6.45) is 3.74. The monoisotopic (exact) mass is 293 g/mol. The molecule has 0 aliphatic heterocycles. The Labute approximate surface area is 127 Å². The summed E-state index contributed by atoms with van der Waals surface area (Å²) in [7, 11) is 1.86. The van der Waals surface area contributed by atoms with Gasteiger partial charge in [-0.2, -0.15) is 0 Å². The van der Waals surface area contributed by atoms with Gasteiger partial charge >= 0.3 is 0 Å². The van der Waals surface area contributed by atoms with Gasteiger partial charge in [0.2, 0.25) is 0 Å². The SMILES string of the molecule is Cn1cnnc1-c1cc(C(=O)NC2CC2)c2ccccc2n1. The molecule has 0 saturated heterocycles. The van der Waals surface area contributed by atoms with Gasteiger partial charge in [0.25, 0.3) is 5.91 Å². The lowest BCUT2D eigenvalue weighted by Gasteiger charge is -2.09. The van der Waals surface area contributed by atoms with E-state index in [1.54, 1.807) is 17.0 Å². The zero-order valence-electron chi connectivity index (χ0n) is 12.2. The van der Waals surface area contributed by atoms with Gasteiger partial charge in [-0.1, -0.05) is 18.2 Å². The van der Waals surface area contributed by atoms with Gasteiger partial charge in [0.05, 0.1) is 11.1 Å². The maximum atomic E-state index is 12.5. The largest absolute Gasteiger partial charge is 0.349 e. The molecule has 1 aromatic carbocycles. The van der Waals surface area contributed by atoms with Crippen molar-refractivity contribution in [2.24, 2.45) is 7.05 Å². The van der Waals surface area contributed by atoms with E-state index in [2.05, 4.69) is 20.5 Å². The fourth-order valence-electron chi connectivity index (χ4n) is 2.48. The van der Waals surface area contributed by atoms with Crippen LogP contribution in [0.1, 0.15) is 23.2 Å². The van der Waals surface area contributed by atoms with E-state index in [4.69, 9.17) is 0 Å². The Morgan fingerprint density at radius 2 is 2.14 bits per heavy atom. The zero-order chi connectivity index (χ0) is 15.1. The van der Waals surface area contributed by atoms with Gasteiger partial charge in [-0.25, -0.2) is 4.98 Å². The summed E-state index contributed by atoms with van der Waals surface area (Å²) in [5, 5.41) is 11.9. The summed E-state index contributed by atoms with van der Waals surface area (Å²) in [5.41, 5.74) is 2.07. The zero-order valence-corrected chi connectivity index (χ0v) is 12.2. The lowest BCUT2D eigenvalue weighted by Crippen LogP contribution is -2.25. The number of pyridine rings is 1. The first-order chi connectivity index (χ1) is 10.7. The van der Waals surface area contributed by atoms with Crippen molar-refractivity contribution >= 4 is 16.8 Å². The number of rotatable bonds is 3. The number of hydrogen-bond donors (Lipinski definition) is 1. The molecule has 3 aromatic rings. The highest BCUT2D eigenvalue weighted by atomic mass is 16.1. The lowest BCUT2D eigenvalue weighted by molar-refractivity contribution is 0.0952. The summed E-state index contributed by atoms with van der Waals surface area (Å²) >= 11 is 0. The molecule has 0 bridgehead atoms. The minimum absolute atomic E-state index is 0.0514. The van der Waals surface area contributed by atoms with Crippen molar-refractivity contribution in [2.45, 2.75) is 18.9 Å². The van der Waals surface area contributed by atoms with Gasteiger partial charge in [-0.05, 0) is 25.0 Å². The maximum absolute atomic E-state index is 12.5. The van der Waals surface area contributed by atoms with E-state index in [1.165, 1.54) is 0 Å².